The van der Waals surface area contributed by atoms with Gasteiger partial charge in [-0.05, 0) is 0 Å². The maximum atomic E-state index is 13.0. The molecule has 0 amide bonds. The zero-order chi connectivity index (χ0) is 10.9. The standard InChI is InChI=1S/C7H7F2NO3S/c1-13-4-2-5(8)7(6(9)3-4)14(10,11)12/h2-3H,1H3,(H2,10,11,12). The lowest BCUT2D eigenvalue weighted by Crippen LogP contribution is -2.16. The first-order valence-electron chi connectivity index (χ1n) is 3.42. The van der Waals surface area contributed by atoms with Crippen molar-refractivity contribution in [2.24, 2.45) is 5.14 Å². The van der Waals surface area contributed by atoms with Crippen LogP contribution in [0.5, 0.6) is 5.75 Å². The van der Waals surface area contributed by atoms with Gasteiger partial charge in [0.05, 0.1) is 7.11 Å². The minimum absolute atomic E-state index is 0.118. The summed E-state index contributed by atoms with van der Waals surface area (Å²) in [5.74, 6) is -2.67. The van der Waals surface area contributed by atoms with E-state index in [4.69, 9.17) is 0 Å². The van der Waals surface area contributed by atoms with Gasteiger partial charge in [-0.1, -0.05) is 0 Å². The summed E-state index contributed by atoms with van der Waals surface area (Å²) in [7, 11) is -3.20. The van der Waals surface area contributed by atoms with Crippen LogP contribution in [0.2, 0.25) is 0 Å². The molecule has 0 radical (unpaired) electrons. The molecule has 1 aromatic carbocycles. The van der Waals surface area contributed by atoms with E-state index in [1.807, 2.05) is 0 Å². The van der Waals surface area contributed by atoms with Gasteiger partial charge in [-0.2, -0.15) is 0 Å². The molecular weight excluding hydrogens is 216 g/mol. The molecule has 0 aliphatic rings. The highest BCUT2D eigenvalue weighted by atomic mass is 32.2. The maximum absolute atomic E-state index is 13.0. The van der Waals surface area contributed by atoms with E-state index in [-0.39, 0.29) is 5.75 Å². The Morgan fingerprint density at radius 2 is 1.71 bits per heavy atom. The molecule has 0 aromatic heterocycles. The number of hydrogen-bond donors (Lipinski definition) is 1. The Morgan fingerprint density at radius 1 is 1.29 bits per heavy atom. The fraction of sp³-hybridized carbons (Fsp3) is 0.143. The molecule has 0 fully saturated rings. The molecular formula is C7H7F2NO3S. The summed E-state index contributed by atoms with van der Waals surface area (Å²) in [4.78, 5) is -1.15. The number of hydrogen-bond acceptors (Lipinski definition) is 3. The second kappa shape index (κ2) is 3.50. The average Bonchev–Trinajstić information content (AvgIpc) is 1.99. The first kappa shape index (κ1) is 10.9. The van der Waals surface area contributed by atoms with Crippen molar-refractivity contribution >= 4 is 10.0 Å². The van der Waals surface area contributed by atoms with E-state index in [0.29, 0.717) is 0 Å². The Balaban J connectivity index is 3.48. The van der Waals surface area contributed by atoms with Crippen molar-refractivity contribution in [2.45, 2.75) is 4.90 Å². The lowest BCUT2D eigenvalue weighted by atomic mass is 10.3. The second-order valence-corrected chi connectivity index (χ2v) is 3.96. The van der Waals surface area contributed by atoms with Gasteiger partial charge in [0.15, 0.2) is 4.90 Å². The third kappa shape index (κ3) is 1.99. The van der Waals surface area contributed by atoms with Gasteiger partial charge in [0.25, 0.3) is 0 Å². The number of benzene rings is 1. The molecule has 2 N–H and O–H groups in total. The molecule has 0 bridgehead atoms. The first-order valence-corrected chi connectivity index (χ1v) is 4.96. The fourth-order valence-electron chi connectivity index (χ4n) is 0.926. The van der Waals surface area contributed by atoms with Gasteiger partial charge in [-0.25, -0.2) is 22.3 Å². The van der Waals surface area contributed by atoms with Crippen molar-refractivity contribution < 1.29 is 21.9 Å². The molecule has 4 nitrogen and oxygen atoms in total. The molecule has 0 atom stereocenters. The fourth-order valence-corrected chi connectivity index (χ4v) is 1.59. The van der Waals surface area contributed by atoms with Crippen molar-refractivity contribution in [3.63, 3.8) is 0 Å². The predicted molar refractivity (Wildman–Crippen MR) is 44.3 cm³/mol. The minimum Gasteiger partial charge on any atom is -0.497 e. The molecule has 0 unspecified atom stereocenters. The molecule has 7 heteroatoms. The van der Waals surface area contributed by atoms with Crippen molar-refractivity contribution in [3.05, 3.63) is 23.8 Å². The Morgan fingerprint density at radius 3 is 2.00 bits per heavy atom. The number of ether oxygens (including phenoxy) is 1. The van der Waals surface area contributed by atoms with Gasteiger partial charge in [0.1, 0.15) is 17.4 Å². The zero-order valence-electron chi connectivity index (χ0n) is 7.12. The van der Waals surface area contributed by atoms with Gasteiger partial charge in [0, 0.05) is 12.1 Å². The molecule has 0 saturated carbocycles. The van der Waals surface area contributed by atoms with Crippen LogP contribution in [0.1, 0.15) is 0 Å². The van der Waals surface area contributed by atoms with E-state index in [9.17, 15) is 17.2 Å². The van der Waals surface area contributed by atoms with Crippen LogP contribution in [-0.2, 0) is 10.0 Å². The summed E-state index contributed by atoms with van der Waals surface area (Å²) in [6.45, 7) is 0. The van der Waals surface area contributed by atoms with E-state index in [0.717, 1.165) is 12.1 Å². The smallest absolute Gasteiger partial charge is 0.243 e. The highest BCUT2D eigenvalue weighted by Gasteiger charge is 2.21. The van der Waals surface area contributed by atoms with Gasteiger partial charge in [-0.15, -0.1) is 0 Å². The van der Waals surface area contributed by atoms with Crippen LogP contribution in [-0.4, -0.2) is 15.5 Å². The molecule has 14 heavy (non-hydrogen) atoms. The second-order valence-electron chi connectivity index (χ2n) is 2.47. The Labute approximate surface area is 79.3 Å². The summed E-state index contributed by atoms with van der Waals surface area (Å²) in [6, 6.07) is 1.48. The lowest BCUT2D eigenvalue weighted by molar-refractivity contribution is 0.402. The topological polar surface area (TPSA) is 69.4 Å². The molecule has 1 aromatic rings. The Kier molecular flexibility index (Phi) is 2.72. The summed E-state index contributed by atoms with van der Waals surface area (Å²) >= 11 is 0. The Bertz CT molecular complexity index is 435. The van der Waals surface area contributed by atoms with Crippen molar-refractivity contribution in [3.8, 4) is 5.75 Å². The highest BCUT2D eigenvalue weighted by Crippen LogP contribution is 2.23. The van der Waals surface area contributed by atoms with Crippen LogP contribution in [0, 0.1) is 11.6 Å². The van der Waals surface area contributed by atoms with E-state index < -0.39 is 26.6 Å². The van der Waals surface area contributed by atoms with Crippen molar-refractivity contribution in [1.29, 1.82) is 0 Å². The van der Waals surface area contributed by atoms with Gasteiger partial charge in [-0.3, -0.25) is 0 Å². The van der Waals surface area contributed by atoms with E-state index in [2.05, 4.69) is 9.88 Å². The first-order chi connectivity index (χ1) is 6.36. The van der Waals surface area contributed by atoms with Crippen LogP contribution >= 0.6 is 0 Å². The minimum atomic E-state index is -4.39. The van der Waals surface area contributed by atoms with E-state index in [1.54, 1.807) is 0 Å². The van der Waals surface area contributed by atoms with Crippen LogP contribution < -0.4 is 9.88 Å². The molecule has 0 spiro atoms. The summed E-state index contributed by atoms with van der Waals surface area (Å²) in [5.41, 5.74) is 0. The van der Waals surface area contributed by atoms with Gasteiger partial charge >= 0.3 is 0 Å². The largest absolute Gasteiger partial charge is 0.497 e. The molecule has 1 rings (SSSR count). The number of sulfonamides is 1. The molecule has 0 aliphatic heterocycles. The van der Waals surface area contributed by atoms with E-state index in [1.165, 1.54) is 7.11 Å². The van der Waals surface area contributed by atoms with Gasteiger partial charge in [0.2, 0.25) is 10.0 Å². The third-order valence-electron chi connectivity index (χ3n) is 1.49. The molecule has 0 aliphatic carbocycles. The predicted octanol–water partition coefficient (Wildman–Crippen LogP) is 0.621. The molecule has 78 valence electrons. The number of primary sulfonamides is 1. The molecule has 0 heterocycles. The monoisotopic (exact) mass is 223 g/mol. The summed E-state index contributed by atoms with van der Waals surface area (Å²) in [6.07, 6.45) is 0. The number of rotatable bonds is 2. The van der Waals surface area contributed by atoms with Crippen molar-refractivity contribution in [1.82, 2.24) is 0 Å². The van der Waals surface area contributed by atoms with E-state index >= 15 is 0 Å². The number of halogens is 2. The lowest BCUT2D eigenvalue weighted by Gasteiger charge is -2.04. The Hall–Kier alpha value is -1.21. The van der Waals surface area contributed by atoms with Crippen LogP contribution in [0.3, 0.4) is 0 Å². The van der Waals surface area contributed by atoms with Crippen LogP contribution in [0.15, 0.2) is 17.0 Å². The number of nitrogens with two attached hydrogens (primary N) is 1. The van der Waals surface area contributed by atoms with Gasteiger partial charge < -0.3 is 4.74 Å². The highest BCUT2D eigenvalue weighted by molar-refractivity contribution is 7.89. The van der Waals surface area contributed by atoms with Crippen LogP contribution in [0.4, 0.5) is 8.78 Å². The number of methoxy groups -OCH3 is 1. The zero-order valence-corrected chi connectivity index (χ0v) is 7.94. The average molecular weight is 223 g/mol. The maximum Gasteiger partial charge on any atom is 0.243 e. The summed E-state index contributed by atoms with van der Waals surface area (Å²) < 4.78 is 52.0. The quantitative estimate of drug-likeness (QED) is 0.799. The van der Waals surface area contributed by atoms with Crippen molar-refractivity contribution in [2.75, 3.05) is 7.11 Å². The van der Waals surface area contributed by atoms with Crippen LogP contribution in [0.25, 0.3) is 0 Å². The molecule has 0 saturated heterocycles. The third-order valence-corrected chi connectivity index (χ3v) is 2.45. The SMILES string of the molecule is COc1cc(F)c(S(N)(=O)=O)c(F)c1. The summed E-state index contributed by atoms with van der Waals surface area (Å²) in [5, 5.41) is 4.60. The normalized spacial score (nSPS) is 11.4.